The largest absolute Gasteiger partial charge is 0.456 e. The van der Waals surface area contributed by atoms with Crippen molar-refractivity contribution in [2.45, 2.75) is 0 Å². The Morgan fingerprint density at radius 2 is 0.765 bits per heavy atom. The van der Waals surface area contributed by atoms with E-state index in [0.717, 1.165) is 55.3 Å². The van der Waals surface area contributed by atoms with Gasteiger partial charge in [-0.1, -0.05) is 97.1 Å². The molecule has 0 spiro atoms. The van der Waals surface area contributed by atoms with Crippen LogP contribution in [0.4, 0.5) is 0 Å². The summed E-state index contributed by atoms with van der Waals surface area (Å²) in [5.74, 6) is 0. The highest BCUT2D eigenvalue weighted by Crippen LogP contribution is 2.46. The van der Waals surface area contributed by atoms with Crippen molar-refractivity contribution in [1.82, 2.24) is 4.40 Å². The first kappa shape index (κ1) is 37.4. The van der Waals surface area contributed by atoms with Gasteiger partial charge in [-0.25, -0.2) is 0 Å². The summed E-state index contributed by atoms with van der Waals surface area (Å²) in [5, 5.41) is 9.47. The van der Waals surface area contributed by atoms with Gasteiger partial charge in [0.05, 0.1) is 38.1 Å². The van der Waals surface area contributed by atoms with E-state index in [-0.39, 0.29) is 10.9 Å². The van der Waals surface area contributed by atoms with Crippen molar-refractivity contribution in [2.75, 3.05) is 0 Å². The van der Waals surface area contributed by atoms with Crippen molar-refractivity contribution >= 4 is 113 Å². The van der Waals surface area contributed by atoms with Gasteiger partial charge in [-0.15, -0.1) is 11.3 Å². The molecule has 0 aliphatic rings. The molecule has 0 radical (unpaired) electrons. The van der Waals surface area contributed by atoms with Crippen LogP contribution < -0.4 is 10.9 Å². The smallest absolute Gasteiger partial charge is 0.200 e. The molecule has 5 heterocycles. The summed E-state index contributed by atoms with van der Waals surface area (Å²) in [5.41, 5.74) is 14.1. The maximum atomic E-state index is 14.0. The average Bonchev–Trinajstić information content (AvgIpc) is 4.05. The highest BCUT2D eigenvalue weighted by atomic mass is 32.1. The van der Waals surface area contributed by atoms with Crippen molar-refractivity contribution in [1.29, 1.82) is 0 Å². The molecule has 0 amide bonds. The molecule has 15 aromatic rings. The number of thiophene rings is 1. The molecule has 6 heteroatoms. The fourth-order valence-electron chi connectivity index (χ4n) is 10.9. The summed E-state index contributed by atoms with van der Waals surface area (Å²) in [7, 11) is 0. The molecule has 0 saturated carbocycles. The summed E-state index contributed by atoms with van der Waals surface area (Å²) in [6.45, 7) is 0. The van der Waals surface area contributed by atoms with Gasteiger partial charge >= 0.3 is 0 Å². The van der Waals surface area contributed by atoms with Crippen molar-refractivity contribution < 1.29 is 8.83 Å². The van der Waals surface area contributed by atoms with Gasteiger partial charge in [-0.3, -0.25) is 9.59 Å². The van der Waals surface area contributed by atoms with Crippen molar-refractivity contribution in [3.63, 3.8) is 0 Å². The van der Waals surface area contributed by atoms with E-state index in [1.807, 2.05) is 78.9 Å². The maximum absolute atomic E-state index is 14.0. The van der Waals surface area contributed by atoms with Crippen LogP contribution in [-0.4, -0.2) is 4.40 Å². The molecular formula is C62H33NO4S. The van der Waals surface area contributed by atoms with Crippen LogP contribution in [0, 0.1) is 0 Å². The van der Waals surface area contributed by atoms with Gasteiger partial charge in [0.1, 0.15) is 22.3 Å². The third kappa shape index (κ3) is 5.32. The van der Waals surface area contributed by atoms with Gasteiger partial charge in [0, 0.05) is 41.7 Å². The number of benzene rings is 10. The lowest BCUT2D eigenvalue weighted by Crippen LogP contribution is -2.02. The minimum absolute atomic E-state index is 0.0297. The lowest BCUT2D eigenvalue weighted by Gasteiger charge is -2.13. The van der Waals surface area contributed by atoms with Gasteiger partial charge < -0.3 is 13.2 Å². The predicted molar refractivity (Wildman–Crippen MR) is 283 cm³/mol. The molecule has 15 rings (SSSR count). The molecule has 10 aromatic carbocycles. The van der Waals surface area contributed by atoms with E-state index in [4.69, 9.17) is 8.83 Å². The molecule has 5 aromatic heterocycles. The first-order chi connectivity index (χ1) is 33.5. The Hall–Kier alpha value is -8.84. The summed E-state index contributed by atoms with van der Waals surface area (Å²) in [4.78, 5) is 27.7. The van der Waals surface area contributed by atoms with Gasteiger partial charge in [0.2, 0.25) is 10.9 Å². The molecule has 0 aliphatic carbocycles. The van der Waals surface area contributed by atoms with Crippen molar-refractivity contribution in [3.05, 3.63) is 221 Å². The zero-order valence-electron chi connectivity index (χ0n) is 36.0. The summed E-state index contributed by atoms with van der Waals surface area (Å²) in [6, 6.07) is 68.9. The molecule has 316 valence electrons. The van der Waals surface area contributed by atoms with Crippen LogP contribution in [0.15, 0.2) is 219 Å². The number of hydrogen-bond acceptors (Lipinski definition) is 5. The molecule has 0 unspecified atom stereocenters. The third-order valence-electron chi connectivity index (χ3n) is 14.1. The summed E-state index contributed by atoms with van der Waals surface area (Å²) >= 11 is 1.78. The molecule has 0 saturated heterocycles. The van der Waals surface area contributed by atoms with E-state index in [1.165, 1.54) is 47.5 Å². The van der Waals surface area contributed by atoms with Gasteiger partial charge in [-0.05, 0) is 148 Å². The summed E-state index contributed by atoms with van der Waals surface area (Å²) in [6.07, 6.45) is 0. The van der Waals surface area contributed by atoms with E-state index in [2.05, 4.69) is 126 Å². The lowest BCUT2D eigenvalue weighted by molar-refractivity contribution is 0.659. The van der Waals surface area contributed by atoms with E-state index >= 15 is 0 Å². The van der Waals surface area contributed by atoms with Gasteiger partial charge in [0.15, 0.2) is 0 Å². The Morgan fingerprint density at radius 3 is 1.35 bits per heavy atom. The standard InChI is InChI=1S/C62H33NO4S/c64-61-45-11-3-7-15-53(45)66-55-23-17-34(32-49(55)61)35-19-25-57-47(30-35)48-31-37(20-26-58(48)68-57)39-27-38(36-18-24-56-50(33-36)62(65)46-12-4-8-16-54(46)67-56)28-40(29-39)41-21-22-43-42-9-1-5-13-51(42)63-52-14-6-2-10-44(52)59(41)60(43)63/h1-33H. The first-order valence-corrected chi connectivity index (χ1v) is 23.5. The Balaban J connectivity index is 0.946. The van der Waals surface area contributed by atoms with E-state index < -0.39 is 0 Å². The van der Waals surface area contributed by atoms with Crippen LogP contribution in [0.25, 0.3) is 147 Å². The second-order valence-electron chi connectivity index (χ2n) is 17.9. The molecule has 5 nitrogen and oxygen atoms in total. The number of hydrogen-bond donors (Lipinski definition) is 0. The fourth-order valence-corrected chi connectivity index (χ4v) is 12.0. The number of rotatable bonds is 4. The highest BCUT2D eigenvalue weighted by molar-refractivity contribution is 7.25. The van der Waals surface area contributed by atoms with Crippen LogP contribution in [0.1, 0.15) is 0 Å². The Bertz CT molecular complexity index is 4800. The molecule has 0 fully saturated rings. The molecule has 0 bridgehead atoms. The van der Waals surface area contributed by atoms with E-state index in [1.54, 1.807) is 11.3 Å². The van der Waals surface area contributed by atoms with E-state index in [0.29, 0.717) is 43.9 Å². The lowest BCUT2D eigenvalue weighted by atomic mass is 9.90. The number of nitrogens with zero attached hydrogens (tertiary/aromatic N) is 1. The van der Waals surface area contributed by atoms with Crippen molar-refractivity contribution in [3.8, 4) is 44.5 Å². The number of para-hydroxylation sites is 4. The first-order valence-electron chi connectivity index (χ1n) is 22.7. The Morgan fingerprint density at radius 1 is 0.324 bits per heavy atom. The van der Waals surface area contributed by atoms with Crippen LogP contribution in [-0.2, 0) is 0 Å². The zero-order valence-corrected chi connectivity index (χ0v) is 36.9. The predicted octanol–water partition coefficient (Wildman–Crippen LogP) is 16.4. The van der Waals surface area contributed by atoms with E-state index in [9.17, 15) is 9.59 Å². The minimum atomic E-state index is -0.0436. The third-order valence-corrected chi connectivity index (χ3v) is 15.3. The highest BCUT2D eigenvalue weighted by Gasteiger charge is 2.22. The van der Waals surface area contributed by atoms with Crippen LogP contribution in [0.2, 0.25) is 0 Å². The summed E-state index contributed by atoms with van der Waals surface area (Å²) < 4.78 is 17.2. The second kappa shape index (κ2) is 13.8. The SMILES string of the molecule is O=c1c2ccccc2oc2ccc(-c3cc(-c4ccc5sc6ccc(-c7ccc8oc9ccccc9c(=O)c8c7)cc6c5c4)cc(-c4ccc5c6ccccc6n6c7ccccc7c4c56)c3)cc12. The normalized spacial score (nSPS) is 12.2. The quantitative estimate of drug-likeness (QED) is 0.165. The zero-order chi connectivity index (χ0) is 44.8. The molecule has 68 heavy (non-hydrogen) atoms. The minimum Gasteiger partial charge on any atom is -0.456 e. The fraction of sp³-hybridized carbons (Fsp3) is 0. The molecule has 0 aliphatic heterocycles. The molecule has 0 N–H and O–H groups in total. The number of aromatic nitrogens is 1. The van der Waals surface area contributed by atoms with Gasteiger partial charge in [-0.2, -0.15) is 0 Å². The van der Waals surface area contributed by atoms with Gasteiger partial charge in [0.25, 0.3) is 0 Å². The van der Waals surface area contributed by atoms with Crippen LogP contribution >= 0.6 is 11.3 Å². The Labute approximate surface area is 389 Å². The Kier molecular flexibility index (Phi) is 7.61. The topological polar surface area (TPSA) is 64.8 Å². The second-order valence-corrected chi connectivity index (χ2v) is 18.9. The number of fused-ring (bicyclic) bond motifs is 13. The van der Waals surface area contributed by atoms with Crippen LogP contribution in [0.3, 0.4) is 0 Å². The maximum Gasteiger partial charge on any atom is 0.200 e. The average molecular weight is 888 g/mol. The van der Waals surface area contributed by atoms with Crippen LogP contribution in [0.5, 0.6) is 0 Å². The molecule has 0 atom stereocenters. The monoisotopic (exact) mass is 887 g/mol. The molecular weight excluding hydrogens is 855 g/mol. The van der Waals surface area contributed by atoms with Crippen molar-refractivity contribution in [2.24, 2.45) is 0 Å².